The van der Waals surface area contributed by atoms with E-state index >= 15 is 0 Å². The lowest BCUT2D eigenvalue weighted by atomic mass is 9.73. The molecule has 1 amide bonds. The molecule has 3 rings (SSSR count). The number of nitrogens with one attached hydrogen (secondary N) is 1. The van der Waals surface area contributed by atoms with Gasteiger partial charge in [0.05, 0.1) is 0 Å². The molecule has 0 saturated carbocycles. The Hall–Kier alpha value is -2.61. The van der Waals surface area contributed by atoms with Crippen molar-refractivity contribution in [2.24, 2.45) is 0 Å². The SMILES string of the molecule is Nc1nccnc1C(=O)NCC1(c2ccc(F)cc2F)CCOCC1. The Balaban J connectivity index is 1.84. The lowest BCUT2D eigenvalue weighted by Gasteiger charge is -2.38. The van der Waals surface area contributed by atoms with Crippen LogP contribution in [-0.2, 0) is 10.2 Å². The van der Waals surface area contributed by atoms with Gasteiger partial charge in [0.1, 0.15) is 11.6 Å². The number of nitrogens with zero attached hydrogens (tertiary/aromatic N) is 2. The van der Waals surface area contributed by atoms with E-state index in [1.54, 1.807) is 0 Å². The molecule has 1 aliphatic heterocycles. The number of carbonyl (C=O) groups is 1. The first-order valence-corrected chi connectivity index (χ1v) is 7.90. The van der Waals surface area contributed by atoms with Crippen LogP contribution in [0.25, 0.3) is 0 Å². The van der Waals surface area contributed by atoms with Crippen LogP contribution in [0.1, 0.15) is 28.9 Å². The fraction of sp³-hybridized carbons (Fsp3) is 0.353. The topological polar surface area (TPSA) is 90.1 Å². The number of aromatic nitrogens is 2. The van der Waals surface area contributed by atoms with Crippen molar-refractivity contribution in [2.45, 2.75) is 18.3 Å². The van der Waals surface area contributed by atoms with Crippen molar-refractivity contribution in [1.82, 2.24) is 15.3 Å². The summed E-state index contributed by atoms with van der Waals surface area (Å²) in [5, 5.41) is 2.75. The molecule has 3 N–H and O–H groups in total. The van der Waals surface area contributed by atoms with Gasteiger partial charge in [-0.05, 0) is 24.5 Å². The quantitative estimate of drug-likeness (QED) is 0.880. The van der Waals surface area contributed by atoms with Crippen LogP contribution in [0.5, 0.6) is 0 Å². The number of hydrogen-bond acceptors (Lipinski definition) is 5. The highest BCUT2D eigenvalue weighted by atomic mass is 19.1. The first-order chi connectivity index (χ1) is 12.0. The molecule has 0 spiro atoms. The second-order valence-corrected chi connectivity index (χ2v) is 5.99. The third-order valence-electron chi connectivity index (χ3n) is 4.48. The van der Waals surface area contributed by atoms with E-state index in [0.717, 1.165) is 6.07 Å². The zero-order valence-electron chi connectivity index (χ0n) is 13.5. The summed E-state index contributed by atoms with van der Waals surface area (Å²) >= 11 is 0. The number of nitrogens with two attached hydrogens (primary N) is 1. The maximum absolute atomic E-state index is 14.4. The minimum Gasteiger partial charge on any atom is -0.382 e. The number of rotatable bonds is 4. The number of carbonyl (C=O) groups excluding carboxylic acids is 1. The normalized spacial score (nSPS) is 16.4. The summed E-state index contributed by atoms with van der Waals surface area (Å²) < 4.78 is 33.0. The molecule has 0 radical (unpaired) electrons. The molecule has 1 aromatic heterocycles. The number of halogens is 2. The molecule has 2 heterocycles. The molecule has 1 saturated heterocycles. The van der Waals surface area contributed by atoms with Crippen molar-refractivity contribution in [1.29, 1.82) is 0 Å². The first kappa shape index (κ1) is 17.2. The van der Waals surface area contributed by atoms with Crippen molar-refractivity contribution in [3.8, 4) is 0 Å². The summed E-state index contributed by atoms with van der Waals surface area (Å²) in [5.74, 6) is -1.73. The van der Waals surface area contributed by atoms with Gasteiger partial charge in [0, 0.05) is 43.6 Å². The van der Waals surface area contributed by atoms with Crippen molar-refractivity contribution < 1.29 is 18.3 Å². The summed E-state index contributed by atoms with van der Waals surface area (Å²) in [5.41, 5.74) is 5.36. The summed E-state index contributed by atoms with van der Waals surface area (Å²) in [7, 11) is 0. The Morgan fingerprint density at radius 3 is 2.64 bits per heavy atom. The van der Waals surface area contributed by atoms with Gasteiger partial charge in [-0.25, -0.2) is 18.7 Å². The van der Waals surface area contributed by atoms with E-state index in [9.17, 15) is 13.6 Å². The van der Waals surface area contributed by atoms with Crippen LogP contribution in [0, 0.1) is 11.6 Å². The van der Waals surface area contributed by atoms with Gasteiger partial charge in [-0.2, -0.15) is 0 Å². The molecule has 1 aliphatic rings. The van der Waals surface area contributed by atoms with Crippen LogP contribution < -0.4 is 11.1 Å². The van der Waals surface area contributed by atoms with Crippen molar-refractivity contribution in [2.75, 3.05) is 25.5 Å². The molecule has 1 aromatic carbocycles. The van der Waals surface area contributed by atoms with E-state index in [-0.39, 0.29) is 18.1 Å². The molecule has 1 fully saturated rings. The van der Waals surface area contributed by atoms with Gasteiger partial charge in [-0.15, -0.1) is 0 Å². The van der Waals surface area contributed by atoms with E-state index in [2.05, 4.69) is 15.3 Å². The first-order valence-electron chi connectivity index (χ1n) is 7.90. The highest BCUT2D eigenvalue weighted by Crippen LogP contribution is 2.36. The zero-order valence-corrected chi connectivity index (χ0v) is 13.5. The second kappa shape index (κ2) is 7.10. The lowest BCUT2D eigenvalue weighted by molar-refractivity contribution is 0.0474. The van der Waals surface area contributed by atoms with Gasteiger partial charge in [0.2, 0.25) is 0 Å². The standard InChI is InChI=1S/C17H18F2N4O2/c18-11-1-2-12(13(19)9-11)17(3-7-25-8-4-17)10-23-16(24)14-15(20)22-6-5-21-14/h1-2,5-6,9H,3-4,7-8,10H2,(H2,20,22)(H,23,24). The van der Waals surface area contributed by atoms with Crippen LogP contribution in [0.4, 0.5) is 14.6 Å². The monoisotopic (exact) mass is 348 g/mol. The Kier molecular flexibility index (Phi) is 4.89. The molecule has 2 aromatic rings. The molecule has 0 atom stereocenters. The van der Waals surface area contributed by atoms with Gasteiger partial charge in [-0.1, -0.05) is 6.07 Å². The number of amides is 1. The van der Waals surface area contributed by atoms with Crippen molar-refractivity contribution in [3.05, 3.63) is 53.5 Å². The average molecular weight is 348 g/mol. The third-order valence-corrected chi connectivity index (χ3v) is 4.48. The zero-order chi connectivity index (χ0) is 17.9. The van der Waals surface area contributed by atoms with E-state index in [1.165, 1.54) is 24.5 Å². The van der Waals surface area contributed by atoms with E-state index < -0.39 is 23.0 Å². The van der Waals surface area contributed by atoms with Crippen molar-refractivity contribution >= 4 is 11.7 Å². The molecule has 0 unspecified atom stereocenters. The molecule has 8 heteroatoms. The molecular formula is C17H18F2N4O2. The molecule has 6 nitrogen and oxygen atoms in total. The van der Waals surface area contributed by atoms with Crippen LogP contribution in [0.15, 0.2) is 30.6 Å². The maximum atomic E-state index is 14.4. The summed E-state index contributed by atoms with van der Waals surface area (Å²) in [4.78, 5) is 20.1. The minimum atomic E-state index is -0.678. The molecule has 0 bridgehead atoms. The highest BCUT2D eigenvalue weighted by Gasteiger charge is 2.37. The average Bonchev–Trinajstić information content (AvgIpc) is 2.61. The van der Waals surface area contributed by atoms with Crippen molar-refractivity contribution in [3.63, 3.8) is 0 Å². The number of benzene rings is 1. The fourth-order valence-corrected chi connectivity index (χ4v) is 3.08. The van der Waals surface area contributed by atoms with Gasteiger partial charge in [0.15, 0.2) is 11.5 Å². The van der Waals surface area contributed by atoms with Crippen LogP contribution >= 0.6 is 0 Å². The van der Waals surface area contributed by atoms with Gasteiger partial charge in [0.25, 0.3) is 5.91 Å². The Morgan fingerprint density at radius 2 is 1.96 bits per heavy atom. The van der Waals surface area contributed by atoms with Gasteiger partial charge >= 0.3 is 0 Å². The van der Waals surface area contributed by atoms with E-state index in [0.29, 0.717) is 31.6 Å². The Labute approximate surface area is 143 Å². The fourth-order valence-electron chi connectivity index (χ4n) is 3.08. The smallest absolute Gasteiger partial charge is 0.273 e. The Morgan fingerprint density at radius 1 is 1.24 bits per heavy atom. The molecule has 0 aliphatic carbocycles. The number of nitrogen functional groups attached to an aromatic ring is 1. The molecular weight excluding hydrogens is 330 g/mol. The lowest BCUT2D eigenvalue weighted by Crippen LogP contribution is -2.45. The van der Waals surface area contributed by atoms with Crippen LogP contribution in [-0.4, -0.2) is 35.6 Å². The van der Waals surface area contributed by atoms with Gasteiger partial charge in [-0.3, -0.25) is 4.79 Å². The summed E-state index contributed by atoms with van der Waals surface area (Å²) in [6, 6.07) is 3.51. The van der Waals surface area contributed by atoms with Crippen LogP contribution in [0.2, 0.25) is 0 Å². The summed E-state index contributed by atoms with van der Waals surface area (Å²) in [6.45, 7) is 1.02. The van der Waals surface area contributed by atoms with Crippen LogP contribution in [0.3, 0.4) is 0 Å². The van der Waals surface area contributed by atoms with E-state index in [1.807, 2.05) is 0 Å². The number of hydrogen-bond donors (Lipinski definition) is 2. The molecule has 132 valence electrons. The Bertz CT molecular complexity index is 779. The van der Waals surface area contributed by atoms with E-state index in [4.69, 9.17) is 10.5 Å². The maximum Gasteiger partial charge on any atom is 0.273 e. The number of anilines is 1. The largest absolute Gasteiger partial charge is 0.382 e. The second-order valence-electron chi connectivity index (χ2n) is 5.99. The highest BCUT2D eigenvalue weighted by molar-refractivity contribution is 5.96. The summed E-state index contributed by atoms with van der Waals surface area (Å²) in [6.07, 6.45) is 3.77. The minimum absolute atomic E-state index is 0.0179. The number of ether oxygens (including phenoxy) is 1. The van der Waals surface area contributed by atoms with Gasteiger partial charge < -0.3 is 15.8 Å². The molecule has 25 heavy (non-hydrogen) atoms. The predicted molar refractivity (Wildman–Crippen MR) is 86.9 cm³/mol. The third kappa shape index (κ3) is 3.58. The predicted octanol–water partition coefficient (Wildman–Crippen LogP) is 1.82.